The molecular weight excluding hydrogens is 321 g/mol. The van der Waals surface area contributed by atoms with Gasteiger partial charge in [-0.2, -0.15) is 5.10 Å². The number of halogens is 1. The molecule has 2 aromatic heterocycles. The van der Waals surface area contributed by atoms with Gasteiger partial charge in [-0.05, 0) is 49.9 Å². The normalized spacial score (nSPS) is 18.0. The van der Waals surface area contributed by atoms with Gasteiger partial charge in [0.15, 0.2) is 0 Å². The van der Waals surface area contributed by atoms with Crippen molar-refractivity contribution in [2.24, 2.45) is 0 Å². The SMILES string of the molecule is Cc1cnn(CC(=O)N2CCCC[C@H]2c2nc3ccc(F)cc3[nH]2)c1. The number of H-pyrrole nitrogens is 1. The fourth-order valence-corrected chi connectivity index (χ4v) is 3.46. The van der Waals surface area contributed by atoms with E-state index in [2.05, 4.69) is 15.1 Å². The third-order valence-electron chi connectivity index (χ3n) is 4.66. The van der Waals surface area contributed by atoms with Gasteiger partial charge in [0.25, 0.3) is 0 Å². The number of hydrogen-bond donors (Lipinski definition) is 1. The summed E-state index contributed by atoms with van der Waals surface area (Å²) in [6, 6.07) is 4.39. The number of fused-ring (bicyclic) bond motifs is 1. The lowest BCUT2D eigenvalue weighted by molar-refractivity contribution is -0.136. The second-order valence-electron chi connectivity index (χ2n) is 6.60. The molecule has 1 fully saturated rings. The Balaban J connectivity index is 1.60. The Morgan fingerprint density at radius 3 is 3.08 bits per heavy atom. The summed E-state index contributed by atoms with van der Waals surface area (Å²) in [5.41, 5.74) is 2.41. The summed E-state index contributed by atoms with van der Waals surface area (Å²) in [5.74, 6) is 0.457. The molecule has 1 atom stereocenters. The van der Waals surface area contributed by atoms with Gasteiger partial charge in [-0.25, -0.2) is 9.37 Å². The van der Waals surface area contributed by atoms with Crippen LogP contribution < -0.4 is 0 Å². The van der Waals surface area contributed by atoms with Crippen LogP contribution in [-0.4, -0.2) is 37.1 Å². The molecule has 1 amide bonds. The molecule has 0 saturated carbocycles. The summed E-state index contributed by atoms with van der Waals surface area (Å²) < 4.78 is 15.1. The molecule has 25 heavy (non-hydrogen) atoms. The van der Waals surface area contributed by atoms with Crippen LogP contribution in [0.2, 0.25) is 0 Å². The van der Waals surface area contributed by atoms with Crippen LogP contribution in [-0.2, 0) is 11.3 Å². The number of rotatable bonds is 3. The Labute approximate surface area is 144 Å². The number of amides is 1. The molecule has 3 heterocycles. The first-order valence-corrected chi connectivity index (χ1v) is 8.54. The molecule has 6 nitrogen and oxygen atoms in total. The second-order valence-corrected chi connectivity index (χ2v) is 6.60. The first-order chi connectivity index (χ1) is 12.1. The number of nitrogens with one attached hydrogen (secondary N) is 1. The molecule has 0 bridgehead atoms. The number of hydrogen-bond acceptors (Lipinski definition) is 3. The minimum absolute atomic E-state index is 0.0273. The van der Waals surface area contributed by atoms with Gasteiger partial charge in [-0.1, -0.05) is 0 Å². The van der Waals surface area contributed by atoms with Gasteiger partial charge in [0, 0.05) is 12.7 Å². The number of carbonyl (C=O) groups is 1. The van der Waals surface area contributed by atoms with Crippen LogP contribution in [0.4, 0.5) is 4.39 Å². The Morgan fingerprint density at radius 1 is 1.40 bits per heavy atom. The number of aryl methyl sites for hydroxylation is 1. The second kappa shape index (κ2) is 6.31. The topological polar surface area (TPSA) is 66.8 Å². The summed E-state index contributed by atoms with van der Waals surface area (Å²) in [7, 11) is 0. The number of aromatic nitrogens is 4. The Hall–Kier alpha value is -2.70. The van der Waals surface area contributed by atoms with Gasteiger partial charge < -0.3 is 9.88 Å². The fraction of sp³-hybridized carbons (Fsp3) is 0.389. The monoisotopic (exact) mass is 341 g/mol. The molecule has 0 spiro atoms. The van der Waals surface area contributed by atoms with Gasteiger partial charge in [-0.15, -0.1) is 0 Å². The number of piperidine rings is 1. The van der Waals surface area contributed by atoms with Gasteiger partial charge in [0.2, 0.25) is 5.91 Å². The molecule has 3 aromatic rings. The molecule has 0 radical (unpaired) electrons. The zero-order valence-corrected chi connectivity index (χ0v) is 14.1. The number of aromatic amines is 1. The van der Waals surface area contributed by atoms with Crippen LogP contribution in [0.1, 0.15) is 36.7 Å². The molecule has 1 aliphatic rings. The number of carbonyl (C=O) groups excluding carboxylic acids is 1. The maximum atomic E-state index is 13.4. The summed E-state index contributed by atoms with van der Waals surface area (Å²) in [4.78, 5) is 22.4. The lowest BCUT2D eigenvalue weighted by Gasteiger charge is -2.34. The number of benzene rings is 1. The van der Waals surface area contributed by atoms with Crippen LogP contribution in [0.3, 0.4) is 0 Å². The van der Waals surface area contributed by atoms with Crippen molar-refractivity contribution in [2.45, 2.75) is 38.8 Å². The average Bonchev–Trinajstić information content (AvgIpc) is 3.20. The molecule has 1 N–H and O–H groups in total. The highest BCUT2D eigenvalue weighted by atomic mass is 19.1. The minimum atomic E-state index is -0.298. The molecule has 0 aliphatic carbocycles. The Kier molecular flexibility index (Phi) is 3.99. The van der Waals surface area contributed by atoms with Crippen LogP contribution >= 0.6 is 0 Å². The molecule has 1 saturated heterocycles. The van der Waals surface area contributed by atoms with Crippen LogP contribution in [0.25, 0.3) is 11.0 Å². The summed E-state index contributed by atoms with van der Waals surface area (Å²) in [5, 5.41) is 4.20. The number of nitrogens with zero attached hydrogens (tertiary/aromatic N) is 4. The zero-order chi connectivity index (χ0) is 17.4. The van der Waals surface area contributed by atoms with Crippen molar-refractivity contribution in [2.75, 3.05) is 6.54 Å². The van der Waals surface area contributed by atoms with Crippen LogP contribution in [0.5, 0.6) is 0 Å². The van der Waals surface area contributed by atoms with E-state index >= 15 is 0 Å². The van der Waals surface area contributed by atoms with Gasteiger partial charge in [-0.3, -0.25) is 9.48 Å². The number of imidazole rings is 1. The lowest BCUT2D eigenvalue weighted by Crippen LogP contribution is -2.40. The third kappa shape index (κ3) is 3.14. The maximum absolute atomic E-state index is 13.4. The van der Waals surface area contributed by atoms with E-state index in [1.165, 1.54) is 12.1 Å². The smallest absolute Gasteiger partial charge is 0.244 e. The molecule has 7 heteroatoms. The molecule has 0 unspecified atom stereocenters. The van der Waals surface area contributed by atoms with Gasteiger partial charge in [0.1, 0.15) is 18.2 Å². The minimum Gasteiger partial charge on any atom is -0.340 e. The molecular formula is C18H20FN5O. The predicted octanol–water partition coefficient (Wildman–Crippen LogP) is 2.96. The van der Waals surface area contributed by atoms with Crippen molar-refractivity contribution in [1.29, 1.82) is 0 Å². The number of likely N-dealkylation sites (tertiary alicyclic amines) is 1. The van der Waals surface area contributed by atoms with Crippen molar-refractivity contribution < 1.29 is 9.18 Å². The molecule has 1 aliphatic heterocycles. The van der Waals surface area contributed by atoms with Crippen molar-refractivity contribution in [3.8, 4) is 0 Å². The summed E-state index contributed by atoms with van der Waals surface area (Å²) in [6.07, 6.45) is 6.48. The quantitative estimate of drug-likeness (QED) is 0.796. The Bertz CT molecular complexity index is 915. The molecule has 4 rings (SSSR count). The van der Waals surface area contributed by atoms with Crippen molar-refractivity contribution >= 4 is 16.9 Å². The third-order valence-corrected chi connectivity index (χ3v) is 4.66. The Morgan fingerprint density at radius 2 is 2.28 bits per heavy atom. The maximum Gasteiger partial charge on any atom is 0.244 e. The largest absolute Gasteiger partial charge is 0.340 e. The van der Waals surface area contributed by atoms with Crippen molar-refractivity contribution in [3.63, 3.8) is 0 Å². The first kappa shape index (κ1) is 15.8. The van der Waals surface area contributed by atoms with E-state index in [4.69, 9.17) is 0 Å². The molecule has 1 aromatic carbocycles. The highest BCUT2D eigenvalue weighted by Gasteiger charge is 2.30. The summed E-state index contributed by atoms with van der Waals surface area (Å²) in [6.45, 7) is 2.87. The van der Waals surface area contributed by atoms with E-state index in [0.29, 0.717) is 12.1 Å². The van der Waals surface area contributed by atoms with E-state index < -0.39 is 0 Å². The average molecular weight is 341 g/mol. The fourth-order valence-electron chi connectivity index (χ4n) is 3.46. The highest BCUT2D eigenvalue weighted by Crippen LogP contribution is 2.30. The predicted molar refractivity (Wildman–Crippen MR) is 91.3 cm³/mol. The van der Waals surface area contributed by atoms with E-state index in [-0.39, 0.29) is 24.3 Å². The van der Waals surface area contributed by atoms with E-state index in [1.807, 2.05) is 18.0 Å². The van der Waals surface area contributed by atoms with Gasteiger partial charge >= 0.3 is 0 Å². The van der Waals surface area contributed by atoms with Crippen molar-refractivity contribution in [3.05, 3.63) is 47.8 Å². The summed E-state index contributed by atoms with van der Waals surface area (Å²) >= 11 is 0. The first-order valence-electron chi connectivity index (χ1n) is 8.54. The zero-order valence-electron chi connectivity index (χ0n) is 14.1. The highest BCUT2D eigenvalue weighted by molar-refractivity contribution is 5.77. The van der Waals surface area contributed by atoms with E-state index in [1.54, 1.807) is 16.9 Å². The standard InChI is InChI=1S/C18H20FN5O/c1-12-9-20-23(10-12)11-17(25)24-7-3-2-4-16(24)18-21-14-6-5-13(19)8-15(14)22-18/h5-6,8-10,16H,2-4,7,11H2,1H3,(H,21,22)/t16-/m0/s1. The molecule has 130 valence electrons. The van der Waals surface area contributed by atoms with Gasteiger partial charge in [0.05, 0.1) is 23.3 Å². The lowest BCUT2D eigenvalue weighted by atomic mass is 10.0. The van der Waals surface area contributed by atoms with Crippen molar-refractivity contribution in [1.82, 2.24) is 24.6 Å². The van der Waals surface area contributed by atoms with E-state index in [9.17, 15) is 9.18 Å². The van der Waals surface area contributed by atoms with Crippen LogP contribution in [0, 0.1) is 12.7 Å². The van der Waals surface area contributed by atoms with Crippen LogP contribution in [0.15, 0.2) is 30.6 Å². The van der Waals surface area contributed by atoms with E-state index in [0.717, 1.165) is 36.2 Å².